The summed E-state index contributed by atoms with van der Waals surface area (Å²) in [5, 5.41) is 2.69. The summed E-state index contributed by atoms with van der Waals surface area (Å²) in [6.45, 7) is 4.12. The number of ether oxygens (including phenoxy) is 2. The molecule has 0 aromatic heterocycles. The Morgan fingerprint density at radius 2 is 1.83 bits per heavy atom. The number of aryl methyl sites for hydroxylation is 2. The van der Waals surface area contributed by atoms with Crippen molar-refractivity contribution in [2.24, 2.45) is 0 Å². The molecule has 2 aromatic rings. The lowest BCUT2D eigenvalue weighted by molar-refractivity contribution is -0.119. The van der Waals surface area contributed by atoms with Crippen LogP contribution >= 0.6 is 0 Å². The van der Waals surface area contributed by atoms with E-state index >= 15 is 0 Å². The highest BCUT2D eigenvalue weighted by Gasteiger charge is 2.24. The Hall–Kier alpha value is -2.74. The summed E-state index contributed by atoms with van der Waals surface area (Å²) in [6.07, 6.45) is 2.02. The van der Waals surface area contributed by atoms with Crippen molar-refractivity contribution < 1.29 is 22.7 Å². The van der Waals surface area contributed by atoms with Crippen molar-refractivity contribution in [2.45, 2.75) is 20.3 Å². The van der Waals surface area contributed by atoms with Gasteiger partial charge in [0, 0.05) is 0 Å². The highest BCUT2D eigenvalue weighted by Crippen LogP contribution is 2.30. The van der Waals surface area contributed by atoms with E-state index in [2.05, 4.69) is 12.2 Å². The fraction of sp³-hybridized carbons (Fsp3) is 0.381. The number of hydrogen-bond donors (Lipinski definition) is 1. The molecule has 0 aliphatic rings. The molecular weight excluding hydrogens is 392 g/mol. The lowest BCUT2D eigenvalue weighted by atomic mass is 10.2. The maximum absolute atomic E-state index is 12.3. The number of nitrogens with zero attached hydrogens (tertiary/aromatic N) is 1. The van der Waals surface area contributed by atoms with Gasteiger partial charge in [0.25, 0.3) is 0 Å². The van der Waals surface area contributed by atoms with Crippen molar-refractivity contribution >= 4 is 21.6 Å². The van der Waals surface area contributed by atoms with Crippen LogP contribution in [-0.2, 0) is 21.2 Å². The minimum Gasteiger partial charge on any atom is -0.495 e. The molecule has 0 unspecified atom stereocenters. The Bertz CT molecular complexity index is 927. The van der Waals surface area contributed by atoms with Crippen molar-refractivity contribution in [1.82, 2.24) is 5.32 Å². The molecule has 1 N–H and O–H groups in total. The number of hydrogen-bond acceptors (Lipinski definition) is 5. The lowest BCUT2D eigenvalue weighted by Gasteiger charge is -2.24. The zero-order valence-electron chi connectivity index (χ0n) is 17.3. The second-order valence-corrected chi connectivity index (χ2v) is 8.55. The first kappa shape index (κ1) is 22.5. The molecule has 0 bridgehead atoms. The smallest absolute Gasteiger partial charge is 0.240 e. The number of methoxy groups -OCH3 is 1. The van der Waals surface area contributed by atoms with Crippen molar-refractivity contribution in [2.75, 3.05) is 37.4 Å². The largest absolute Gasteiger partial charge is 0.495 e. The number of amides is 1. The molecular formula is C21H28N2O5S. The summed E-state index contributed by atoms with van der Waals surface area (Å²) in [5.41, 5.74) is 2.41. The van der Waals surface area contributed by atoms with Crippen molar-refractivity contribution in [1.29, 1.82) is 0 Å². The quantitative estimate of drug-likeness (QED) is 0.597. The van der Waals surface area contributed by atoms with E-state index in [0.717, 1.165) is 28.3 Å². The van der Waals surface area contributed by atoms with Gasteiger partial charge in [0.15, 0.2) is 0 Å². The van der Waals surface area contributed by atoms with Gasteiger partial charge in [0.1, 0.15) is 24.7 Å². The molecule has 7 nitrogen and oxygen atoms in total. The van der Waals surface area contributed by atoms with Gasteiger partial charge in [0.2, 0.25) is 15.9 Å². The summed E-state index contributed by atoms with van der Waals surface area (Å²) in [6, 6.07) is 12.9. The third-order valence-corrected chi connectivity index (χ3v) is 5.44. The molecule has 2 aromatic carbocycles. The average Bonchev–Trinajstić information content (AvgIpc) is 2.69. The molecule has 2 rings (SSSR count). The van der Waals surface area contributed by atoms with E-state index in [1.807, 2.05) is 37.3 Å². The van der Waals surface area contributed by atoms with E-state index in [-0.39, 0.29) is 19.7 Å². The molecule has 0 heterocycles. The molecule has 8 heteroatoms. The maximum Gasteiger partial charge on any atom is 0.240 e. The van der Waals surface area contributed by atoms with Gasteiger partial charge in [-0.1, -0.05) is 25.1 Å². The number of anilines is 1. The second-order valence-electron chi connectivity index (χ2n) is 6.64. The molecule has 0 spiro atoms. The predicted molar refractivity (Wildman–Crippen MR) is 114 cm³/mol. The second kappa shape index (κ2) is 10.2. The topological polar surface area (TPSA) is 84.9 Å². The van der Waals surface area contributed by atoms with Crippen LogP contribution in [0.2, 0.25) is 0 Å². The molecule has 0 fully saturated rings. The van der Waals surface area contributed by atoms with E-state index < -0.39 is 15.9 Å². The normalized spacial score (nSPS) is 11.0. The lowest BCUT2D eigenvalue weighted by Crippen LogP contribution is -2.41. The van der Waals surface area contributed by atoms with Gasteiger partial charge >= 0.3 is 0 Å². The molecule has 0 saturated carbocycles. The number of rotatable bonds is 10. The zero-order chi connectivity index (χ0) is 21.4. The first-order valence-corrected chi connectivity index (χ1v) is 11.2. The van der Waals surface area contributed by atoms with E-state index in [1.165, 1.54) is 12.7 Å². The van der Waals surface area contributed by atoms with Crippen LogP contribution < -0.4 is 19.1 Å². The highest BCUT2D eigenvalue weighted by molar-refractivity contribution is 7.92. The molecule has 0 saturated heterocycles. The summed E-state index contributed by atoms with van der Waals surface area (Å²) < 4.78 is 36.5. The van der Waals surface area contributed by atoms with E-state index in [1.54, 1.807) is 12.1 Å². The van der Waals surface area contributed by atoms with Crippen LogP contribution in [-0.4, -0.2) is 47.4 Å². The maximum atomic E-state index is 12.3. The fourth-order valence-corrected chi connectivity index (χ4v) is 3.59. The number of benzene rings is 2. The molecule has 0 aliphatic heterocycles. The van der Waals surface area contributed by atoms with Gasteiger partial charge in [0.05, 0.1) is 25.6 Å². The van der Waals surface area contributed by atoms with Gasteiger partial charge in [-0.15, -0.1) is 0 Å². The minimum atomic E-state index is -3.68. The molecule has 29 heavy (non-hydrogen) atoms. The molecule has 0 aliphatic carbocycles. The first-order chi connectivity index (χ1) is 13.7. The van der Waals surface area contributed by atoms with Crippen molar-refractivity contribution in [3.8, 4) is 11.5 Å². The number of nitrogens with one attached hydrogen (secondary N) is 1. The third-order valence-electron chi connectivity index (χ3n) is 4.32. The van der Waals surface area contributed by atoms with Crippen LogP contribution in [0.1, 0.15) is 18.1 Å². The van der Waals surface area contributed by atoms with Crippen molar-refractivity contribution in [3.63, 3.8) is 0 Å². The van der Waals surface area contributed by atoms with Gasteiger partial charge in [-0.05, 0) is 48.7 Å². The number of sulfonamides is 1. The Morgan fingerprint density at radius 1 is 1.14 bits per heavy atom. The Labute approximate surface area is 172 Å². The zero-order valence-corrected chi connectivity index (χ0v) is 18.1. The van der Waals surface area contributed by atoms with Crippen LogP contribution in [0.15, 0.2) is 42.5 Å². The summed E-state index contributed by atoms with van der Waals surface area (Å²) in [5.74, 6) is 0.676. The minimum absolute atomic E-state index is 0.261. The Morgan fingerprint density at radius 3 is 2.41 bits per heavy atom. The van der Waals surface area contributed by atoms with Crippen LogP contribution in [0, 0.1) is 6.92 Å². The van der Waals surface area contributed by atoms with Gasteiger partial charge in [-0.2, -0.15) is 0 Å². The first-order valence-electron chi connectivity index (χ1n) is 9.35. The van der Waals surface area contributed by atoms with E-state index in [4.69, 9.17) is 9.47 Å². The van der Waals surface area contributed by atoms with E-state index in [0.29, 0.717) is 11.4 Å². The molecule has 0 radical (unpaired) electrons. The van der Waals surface area contributed by atoms with Gasteiger partial charge < -0.3 is 14.8 Å². The third kappa shape index (κ3) is 6.67. The van der Waals surface area contributed by atoms with Gasteiger partial charge in [-0.3, -0.25) is 9.10 Å². The highest BCUT2D eigenvalue weighted by atomic mass is 32.2. The standard InChI is InChI=1S/C21H28N2O5S/c1-5-17-7-9-18(10-8-17)28-13-12-22-21(24)15-23(29(4,25)26)19-14-16(2)6-11-20(19)27-3/h6-11,14H,5,12-13,15H2,1-4H3,(H,22,24). The Kier molecular flexibility index (Phi) is 7.90. The van der Waals surface area contributed by atoms with Crippen LogP contribution in [0.25, 0.3) is 0 Å². The summed E-state index contributed by atoms with van der Waals surface area (Å²) in [4.78, 5) is 12.3. The van der Waals surface area contributed by atoms with Crippen LogP contribution in [0.3, 0.4) is 0 Å². The molecule has 0 atom stereocenters. The SMILES string of the molecule is CCc1ccc(OCCNC(=O)CN(c2cc(C)ccc2OC)S(C)(=O)=O)cc1. The fourth-order valence-electron chi connectivity index (χ4n) is 2.74. The molecule has 158 valence electrons. The van der Waals surface area contributed by atoms with E-state index in [9.17, 15) is 13.2 Å². The Balaban J connectivity index is 1.96. The number of carbonyl (C=O) groups is 1. The van der Waals surface area contributed by atoms with Gasteiger partial charge in [-0.25, -0.2) is 8.42 Å². The van der Waals surface area contributed by atoms with Crippen LogP contribution in [0.5, 0.6) is 11.5 Å². The molecule has 1 amide bonds. The number of carbonyl (C=O) groups excluding carboxylic acids is 1. The summed E-state index contributed by atoms with van der Waals surface area (Å²) >= 11 is 0. The summed E-state index contributed by atoms with van der Waals surface area (Å²) in [7, 11) is -2.22. The van der Waals surface area contributed by atoms with Crippen molar-refractivity contribution in [3.05, 3.63) is 53.6 Å². The monoisotopic (exact) mass is 420 g/mol. The van der Waals surface area contributed by atoms with Crippen LogP contribution in [0.4, 0.5) is 5.69 Å². The predicted octanol–water partition coefficient (Wildman–Crippen LogP) is 2.53. The average molecular weight is 421 g/mol.